The number of methoxy groups -OCH3 is 1. The molecule has 3 rings (SSSR count). The van der Waals surface area contributed by atoms with Crippen molar-refractivity contribution in [2.24, 2.45) is 0 Å². The summed E-state index contributed by atoms with van der Waals surface area (Å²) < 4.78 is 10.6. The average Bonchev–Trinajstić information content (AvgIpc) is 2.72. The Labute approximate surface area is 170 Å². The van der Waals surface area contributed by atoms with Gasteiger partial charge in [0.1, 0.15) is 5.75 Å². The second-order valence-electron chi connectivity index (χ2n) is 6.85. The maximum Gasteiger partial charge on any atom is 0.340 e. The van der Waals surface area contributed by atoms with E-state index in [-0.39, 0.29) is 12.5 Å². The molecule has 0 fully saturated rings. The van der Waals surface area contributed by atoms with Crippen molar-refractivity contribution in [2.75, 3.05) is 20.8 Å². The fourth-order valence-electron chi connectivity index (χ4n) is 3.32. The van der Waals surface area contributed by atoms with Gasteiger partial charge in [0.2, 0.25) is 0 Å². The van der Waals surface area contributed by atoms with Crippen LogP contribution in [0.5, 0.6) is 5.75 Å². The first-order chi connectivity index (χ1) is 13.9. The zero-order chi connectivity index (χ0) is 21.0. The van der Waals surface area contributed by atoms with Crippen LogP contribution in [-0.4, -0.2) is 42.5 Å². The highest BCUT2D eigenvalue weighted by atomic mass is 16.5. The molecule has 0 aliphatic heterocycles. The summed E-state index contributed by atoms with van der Waals surface area (Å²) in [5.41, 5.74) is 3.49. The molecule has 3 aromatic rings. The van der Waals surface area contributed by atoms with Gasteiger partial charge in [-0.3, -0.25) is 9.78 Å². The van der Waals surface area contributed by atoms with Gasteiger partial charge in [-0.05, 0) is 31.5 Å². The Morgan fingerprint density at radius 3 is 2.48 bits per heavy atom. The number of aryl methyl sites for hydroxylation is 2. The van der Waals surface area contributed by atoms with Gasteiger partial charge < -0.3 is 14.4 Å². The number of para-hydroxylation sites is 2. The third-order valence-corrected chi connectivity index (χ3v) is 4.89. The third-order valence-electron chi connectivity index (χ3n) is 4.89. The molecule has 0 saturated heterocycles. The van der Waals surface area contributed by atoms with E-state index in [9.17, 15) is 9.59 Å². The van der Waals surface area contributed by atoms with E-state index in [0.29, 0.717) is 23.6 Å². The number of benzene rings is 2. The van der Waals surface area contributed by atoms with Gasteiger partial charge in [-0.15, -0.1) is 0 Å². The van der Waals surface area contributed by atoms with Crippen molar-refractivity contribution in [3.63, 3.8) is 0 Å². The van der Waals surface area contributed by atoms with Crippen LogP contribution >= 0.6 is 0 Å². The molecule has 2 aromatic carbocycles. The predicted molar refractivity (Wildman–Crippen MR) is 111 cm³/mol. The molecular weight excluding hydrogens is 368 g/mol. The standard InChI is InChI=1S/C23H24N2O4/c1-15-18-10-6-7-11-19(18)24-16(2)22(15)23(27)29-14-21(26)25(3)13-17-9-5-8-12-20(17)28-4/h5-12H,13-14H2,1-4H3. The first kappa shape index (κ1) is 20.3. The highest BCUT2D eigenvalue weighted by Gasteiger charge is 2.20. The largest absolute Gasteiger partial charge is 0.496 e. The number of pyridine rings is 1. The fraction of sp³-hybridized carbons (Fsp3) is 0.261. The molecule has 0 radical (unpaired) electrons. The zero-order valence-corrected chi connectivity index (χ0v) is 17.1. The number of fused-ring (bicyclic) bond motifs is 1. The summed E-state index contributed by atoms with van der Waals surface area (Å²) in [6.45, 7) is 3.65. The summed E-state index contributed by atoms with van der Waals surface area (Å²) in [7, 11) is 3.25. The van der Waals surface area contributed by atoms with Crippen LogP contribution in [0, 0.1) is 13.8 Å². The number of aromatic nitrogens is 1. The van der Waals surface area contributed by atoms with E-state index in [1.54, 1.807) is 21.1 Å². The molecule has 1 aromatic heterocycles. The summed E-state index contributed by atoms with van der Waals surface area (Å²) in [5, 5.41) is 0.893. The maximum atomic E-state index is 12.7. The highest BCUT2D eigenvalue weighted by molar-refractivity contribution is 5.99. The van der Waals surface area contributed by atoms with Gasteiger partial charge in [-0.1, -0.05) is 36.4 Å². The average molecular weight is 392 g/mol. The van der Waals surface area contributed by atoms with Gasteiger partial charge in [0, 0.05) is 24.5 Å². The predicted octanol–water partition coefficient (Wildman–Crippen LogP) is 3.68. The number of hydrogen-bond donors (Lipinski definition) is 0. The summed E-state index contributed by atoms with van der Waals surface area (Å²) >= 11 is 0. The molecule has 1 heterocycles. The Morgan fingerprint density at radius 2 is 1.72 bits per heavy atom. The Bertz CT molecular complexity index is 1060. The van der Waals surface area contributed by atoms with Gasteiger partial charge in [0.05, 0.1) is 23.9 Å². The smallest absolute Gasteiger partial charge is 0.340 e. The van der Waals surface area contributed by atoms with Gasteiger partial charge in [-0.2, -0.15) is 0 Å². The van der Waals surface area contributed by atoms with Crippen LogP contribution in [0.25, 0.3) is 10.9 Å². The first-order valence-electron chi connectivity index (χ1n) is 9.31. The number of rotatable bonds is 6. The Hall–Kier alpha value is -3.41. The second-order valence-corrected chi connectivity index (χ2v) is 6.85. The minimum atomic E-state index is -0.544. The van der Waals surface area contributed by atoms with E-state index in [2.05, 4.69) is 4.98 Å². The Balaban J connectivity index is 1.69. The van der Waals surface area contributed by atoms with Crippen molar-refractivity contribution in [1.29, 1.82) is 0 Å². The van der Waals surface area contributed by atoms with Crippen LogP contribution in [0.1, 0.15) is 27.2 Å². The summed E-state index contributed by atoms with van der Waals surface area (Å²) in [5.74, 6) is -0.136. The van der Waals surface area contributed by atoms with Crippen molar-refractivity contribution in [2.45, 2.75) is 20.4 Å². The van der Waals surface area contributed by atoms with E-state index < -0.39 is 5.97 Å². The third kappa shape index (κ3) is 4.37. The number of nitrogens with zero attached hydrogens (tertiary/aromatic N) is 2. The Kier molecular flexibility index (Phi) is 6.12. The molecule has 0 unspecified atom stereocenters. The maximum absolute atomic E-state index is 12.7. The molecule has 150 valence electrons. The minimum absolute atomic E-state index is 0.298. The van der Waals surface area contributed by atoms with Crippen LogP contribution in [0.3, 0.4) is 0 Å². The lowest BCUT2D eigenvalue weighted by molar-refractivity contribution is -0.133. The molecule has 1 amide bonds. The van der Waals surface area contributed by atoms with Crippen LogP contribution in [0.15, 0.2) is 48.5 Å². The lowest BCUT2D eigenvalue weighted by atomic mass is 10.0. The molecule has 6 nitrogen and oxygen atoms in total. The topological polar surface area (TPSA) is 68.7 Å². The van der Waals surface area contributed by atoms with Crippen LogP contribution in [0.2, 0.25) is 0 Å². The molecule has 0 atom stereocenters. The molecule has 0 aliphatic rings. The van der Waals surface area contributed by atoms with Crippen molar-refractivity contribution in [3.8, 4) is 5.75 Å². The number of hydrogen-bond acceptors (Lipinski definition) is 5. The first-order valence-corrected chi connectivity index (χ1v) is 9.31. The van der Waals surface area contributed by atoms with Crippen molar-refractivity contribution >= 4 is 22.8 Å². The van der Waals surface area contributed by atoms with Crippen LogP contribution in [-0.2, 0) is 16.1 Å². The monoisotopic (exact) mass is 392 g/mol. The summed E-state index contributed by atoms with van der Waals surface area (Å²) in [4.78, 5) is 31.1. The number of likely N-dealkylation sites (N-methyl/N-ethyl adjacent to an activating group) is 1. The van der Waals surface area contributed by atoms with Gasteiger partial charge in [0.25, 0.3) is 5.91 Å². The van der Waals surface area contributed by atoms with Crippen LogP contribution in [0.4, 0.5) is 0 Å². The van der Waals surface area contributed by atoms with E-state index in [1.165, 1.54) is 4.90 Å². The number of amides is 1. The van der Waals surface area contributed by atoms with Gasteiger partial charge in [0.15, 0.2) is 6.61 Å². The lowest BCUT2D eigenvalue weighted by Crippen LogP contribution is -2.31. The Morgan fingerprint density at radius 1 is 1.03 bits per heavy atom. The molecule has 0 N–H and O–H groups in total. The highest BCUT2D eigenvalue weighted by Crippen LogP contribution is 2.23. The SMILES string of the molecule is COc1ccccc1CN(C)C(=O)COC(=O)c1c(C)nc2ccccc2c1C. The quantitative estimate of drug-likeness (QED) is 0.599. The number of ether oxygens (including phenoxy) is 2. The molecular formula is C23H24N2O4. The van der Waals surface area contributed by atoms with Crippen LogP contribution < -0.4 is 4.74 Å². The molecule has 0 bridgehead atoms. The normalized spacial score (nSPS) is 10.6. The summed E-state index contributed by atoms with van der Waals surface area (Å²) in [6, 6.07) is 15.1. The van der Waals surface area contributed by atoms with E-state index in [0.717, 1.165) is 22.0 Å². The molecule has 0 saturated carbocycles. The molecule has 0 spiro atoms. The van der Waals surface area contributed by atoms with Crippen molar-refractivity contribution in [1.82, 2.24) is 9.88 Å². The second kappa shape index (κ2) is 8.73. The van der Waals surface area contributed by atoms with Crippen molar-refractivity contribution in [3.05, 3.63) is 70.9 Å². The molecule has 6 heteroatoms. The lowest BCUT2D eigenvalue weighted by Gasteiger charge is -2.19. The number of carbonyl (C=O) groups excluding carboxylic acids is 2. The molecule has 0 aliphatic carbocycles. The molecule has 29 heavy (non-hydrogen) atoms. The van der Waals surface area contributed by atoms with E-state index in [4.69, 9.17) is 9.47 Å². The minimum Gasteiger partial charge on any atom is -0.496 e. The van der Waals surface area contributed by atoms with Crippen molar-refractivity contribution < 1.29 is 19.1 Å². The number of carbonyl (C=O) groups is 2. The fourth-order valence-corrected chi connectivity index (χ4v) is 3.32. The van der Waals surface area contributed by atoms with E-state index >= 15 is 0 Å². The summed E-state index contributed by atoms with van der Waals surface area (Å²) in [6.07, 6.45) is 0. The van der Waals surface area contributed by atoms with E-state index in [1.807, 2.05) is 55.5 Å². The van der Waals surface area contributed by atoms with Gasteiger partial charge >= 0.3 is 5.97 Å². The van der Waals surface area contributed by atoms with Gasteiger partial charge in [-0.25, -0.2) is 4.79 Å². The number of esters is 1. The zero-order valence-electron chi connectivity index (χ0n) is 17.1.